The maximum absolute atomic E-state index is 13.3. The first-order valence-corrected chi connectivity index (χ1v) is 20.8. The van der Waals surface area contributed by atoms with Crippen LogP contribution in [0.5, 0.6) is 5.75 Å². The molecule has 57 heavy (non-hydrogen) atoms. The predicted octanol–water partition coefficient (Wildman–Crippen LogP) is 3.60. The van der Waals surface area contributed by atoms with Gasteiger partial charge >= 0.3 is 0 Å². The second-order valence-electron chi connectivity index (χ2n) is 14.2. The van der Waals surface area contributed by atoms with Crippen molar-refractivity contribution in [1.29, 1.82) is 0 Å². The van der Waals surface area contributed by atoms with Crippen molar-refractivity contribution in [2.45, 2.75) is 18.9 Å². The number of nitrogens with zero attached hydrogens (tertiary/aromatic N) is 6. The van der Waals surface area contributed by atoms with Gasteiger partial charge in [0.25, 0.3) is 11.8 Å². The van der Waals surface area contributed by atoms with E-state index in [2.05, 4.69) is 42.3 Å². The molecular weight excluding hydrogens is 751 g/mol. The molecule has 3 amide bonds. The Morgan fingerprint density at radius 2 is 1.68 bits per heavy atom. The zero-order valence-corrected chi connectivity index (χ0v) is 32.2. The molecule has 0 aliphatic carbocycles. The van der Waals surface area contributed by atoms with Crippen LogP contribution in [0.2, 0.25) is 0 Å². The van der Waals surface area contributed by atoms with Crippen LogP contribution in [0.15, 0.2) is 85.1 Å². The van der Waals surface area contributed by atoms with E-state index in [1.807, 2.05) is 30.3 Å². The lowest BCUT2D eigenvalue weighted by atomic mass is 10.1. The van der Waals surface area contributed by atoms with E-state index in [9.17, 15) is 22.8 Å². The summed E-state index contributed by atoms with van der Waals surface area (Å²) in [6, 6.07) is 23.3. The van der Waals surface area contributed by atoms with E-state index in [1.54, 1.807) is 47.1 Å². The van der Waals surface area contributed by atoms with Gasteiger partial charge < -0.3 is 25.0 Å². The fraction of sp³-hybridized carbons (Fsp3) is 0.325. The number of carbonyl (C=O) groups excluding carboxylic acids is 3. The Balaban J connectivity index is 0.778. The number of nitrogens with one attached hydrogen (secondary N) is 3. The van der Waals surface area contributed by atoms with E-state index >= 15 is 0 Å². The first-order chi connectivity index (χ1) is 27.6. The third-order valence-electron chi connectivity index (χ3n) is 10.2. The lowest BCUT2D eigenvalue weighted by Gasteiger charge is -2.36. The topological polar surface area (TPSA) is 180 Å². The number of anilines is 4. The first-order valence-electron chi connectivity index (χ1n) is 18.9. The Labute approximate surface area is 329 Å². The van der Waals surface area contributed by atoms with E-state index in [1.165, 1.54) is 0 Å². The van der Waals surface area contributed by atoms with Crippen molar-refractivity contribution in [3.63, 3.8) is 0 Å². The molecule has 0 bridgehead atoms. The molecule has 5 heterocycles. The Morgan fingerprint density at radius 3 is 2.47 bits per heavy atom. The van der Waals surface area contributed by atoms with Crippen molar-refractivity contribution in [2.75, 3.05) is 80.3 Å². The van der Waals surface area contributed by atoms with Crippen molar-refractivity contribution in [3.05, 3.63) is 96.2 Å². The summed E-state index contributed by atoms with van der Waals surface area (Å²) in [4.78, 5) is 49.0. The van der Waals surface area contributed by atoms with Crippen LogP contribution in [0.1, 0.15) is 33.6 Å². The van der Waals surface area contributed by atoms with Crippen LogP contribution in [0.25, 0.3) is 16.8 Å². The van der Waals surface area contributed by atoms with E-state index in [4.69, 9.17) is 14.6 Å². The van der Waals surface area contributed by atoms with Gasteiger partial charge in [-0.15, -0.1) is 5.10 Å². The molecule has 2 aromatic heterocycles. The van der Waals surface area contributed by atoms with Gasteiger partial charge in [-0.1, -0.05) is 18.2 Å². The average molecular weight is 794 g/mol. The highest BCUT2D eigenvalue weighted by Crippen LogP contribution is 2.34. The van der Waals surface area contributed by atoms with Gasteiger partial charge in [-0.25, -0.2) is 17.9 Å². The fourth-order valence-electron chi connectivity index (χ4n) is 7.43. The number of aromatic nitrogens is 3. The molecule has 8 rings (SSSR count). The molecular formula is C40H43N9O7S. The Morgan fingerprint density at radius 1 is 0.877 bits per heavy atom. The molecule has 16 nitrogen and oxygen atoms in total. The minimum absolute atomic E-state index is 0.204. The summed E-state index contributed by atoms with van der Waals surface area (Å²) in [7, 11) is -3.41. The van der Waals surface area contributed by atoms with Crippen LogP contribution in [0, 0.1) is 0 Å². The summed E-state index contributed by atoms with van der Waals surface area (Å²) in [6.45, 7) is 5.92. The monoisotopic (exact) mass is 793 g/mol. The van der Waals surface area contributed by atoms with Crippen LogP contribution in [0.4, 0.5) is 23.0 Å². The molecule has 1 unspecified atom stereocenters. The highest BCUT2D eigenvalue weighted by molar-refractivity contribution is 7.92. The van der Waals surface area contributed by atoms with Gasteiger partial charge in [-0.2, -0.15) is 0 Å². The number of fused-ring (bicyclic) bond motifs is 2. The van der Waals surface area contributed by atoms with Crippen molar-refractivity contribution >= 4 is 56.3 Å². The summed E-state index contributed by atoms with van der Waals surface area (Å²) in [5.74, 6) is -0.522. The Kier molecular flexibility index (Phi) is 10.8. The van der Waals surface area contributed by atoms with Gasteiger partial charge in [0, 0.05) is 61.9 Å². The number of piperidine rings is 1. The number of imide groups is 1. The van der Waals surface area contributed by atoms with Gasteiger partial charge in [0.1, 0.15) is 18.4 Å². The Hall–Kier alpha value is -6.04. The number of hydrogen-bond acceptors (Lipinski definition) is 12. The predicted molar refractivity (Wildman–Crippen MR) is 215 cm³/mol. The smallest absolute Gasteiger partial charge is 0.266 e. The minimum Gasteiger partial charge on any atom is -0.490 e. The number of sulfonamides is 1. The molecule has 3 aromatic carbocycles. The quantitative estimate of drug-likeness (QED) is 0.110. The van der Waals surface area contributed by atoms with Gasteiger partial charge in [0.05, 0.1) is 48.0 Å². The third-order valence-corrected chi connectivity index (χ3v) is 10.8. The molecule has 2 saturated heterocycles. The number of amides is 3. The standard InChI is InChI=1S/C40H43N9O7S/c1-57(53,54)45-29-6-2-5-27(25-29)33-15-14-31-26-42-40(44-49(31)33)43-28-10-12-30(13-11-28)47-19-17-46(18-20-47)21-22-55-23-24-56-35-9-3-7-32-36(35)39(52)48(38(32)51)34-8-4-16-41-37(34)50/h2-3,5-7,9-15,25-26,34,45H,4,8,16-24H2,1H3,(H,41,50)(H,43,44). The number of rotatable bonds is 14. The molecule has 3 aliphatic rings. The zero-order valence-electron chi connectivity index (χ0n) is 31.4. The number of piperazine rings is 1. The van der Waals surface area contributed by atoms with Gasteiger partial charge in [0.15, 0.2) is 0 Å². The van der Waals surface area contributed by atoms with Crippen molar-refractivity contribution in [1.82, 2.24) is 29.7 Å². The zero-order chi connectivity index (χ0) is 39.5. The summed E-state index contributed by atoms with van der Waals surface area (Å²) < 4.78 is 39.5. The summed E-state index contributed by atoms with van der Waals surface area (Å²) in [6.07, 6.45) is 4.01. The molecule has 0 spiro atoms. The molecule has 3 N–H and O–H groups in total. The summed E-state index contributed by atoms with van der Waals surface area (Å²) >= 11 is 0. The number of hydrogen-bond donors (Lipinski definition) is 3. The highest BCUT2D eigenvalue weighted by atomic mass is 32.2. The largest absolute Gasteiger partial charge is 0.490 e. The molecule has 296 valence electrons. The van der Waals surface area contributed by atoms with Gasteiger partial charge in [0.2, 0.25) is 21.9 Å². The number of benzene rings is 3. The minimum atomic E-state index is -3.41. The van der Waals surface area contributed by atoms with Crippen LogP contribution in [-0.4, -0.2) is 122 Å². The lowest BCUT2D eigenvalue weighted by molar-refractivity contribution is -0.126. The van der Waals surface area contributed by atoms with E-state index in [-0.39, 0.29) is 23.6 Å². The number of ether oxygens (including phenoxy) is 2. The fourth-order valence-corrected chi connectivity index (χ4v) is 7.99. The maximum atomic E-state index is 13.3. The summed E-state index contributed by atoms with van der Waals surface area (Å²) in [5.41, 5.74) is 5.31. The SMILES string of the molecule is CS(=O)(=O)Nc1cccc(-c2ccc3cnc(Nc4ccc(N5CCN(CCOCCOc6cccc7c6C(=O)N(C6CCCNC6=O)C7=O)CC5)cc4)nn23)c1. The number of carbonyl (C=O) groups is 3. The average Bonchev–Trinajstić information content (AvgIpc) is 3.74. The van der Waals surface area contributed by atoms with E-state index in [0.29, 0.717) is 50.0 Å². The first kappa shape index (κ1) is 37.9. The molecule has 5 aromatic rings. The lowest BCUT2D eigenvalue weighted by Crippen LogP contribution is -2.52. The molecule has 3 aliphatic heterocycles. The van der Waals surface area contributed by atoms with Crippen molar-refractivity contribution < 1.29 is 32.3 Å². The second-order valence-corrected chi connectivity index (χ2v) is 15.9. The van der Waals surface area contributed by atoms with Crippen molar-refractivity contribution in [2.24, 2.45) is 0 Å². The molecule has 2 fully saturated rings. The highest BCUT2D eigenvalue weighted by Gasteiger charge is 2.45. The molecule has 17 heteroatoms. The molecule has 1 atom stereocenters. The third kappa shape index (κ3) is 8.40. The van der Waals surface area contributed by atoms with Crippen molar-refractivity contribution in [3.8, 4) is 17.0 Å². The van der Waals surface area contributed by atoms with Crippen LogP contribution < -0.4 is 25.0 Å². The van der Waals surface area contributed by atoms with Gasteiger partial charge in [-0.3, -0.25) is 28.9 Å². The van der Waals surface area contributed by atoms with Crippen LogP contribution in [-0.2, 0) is 19.6 Å². The van der Waals surface area contributed by atoms with Crippen LogP contribution >= 0.6 is 0 Å². The second kappa shape index (κ2) is 16.2. The van der Waals surface area contributed by atoms with Crippen LogP contribution in [0.3, 0.4) is 0 Å². The normalized spacial score (nSPS) is 17.5. The Bertz CT molecular complexity index is 2410. The van der Waals surface area contributed by atoms with E-state index in [0.717, 1.165) is 72.0 Å². The van der Waals surface area contributed by atoms with Gasteiger partial charge in [-0.05, 0) is 73.5 Å². The molecule has 0 saturated carbocycles. The summed E-state index contributed by atoms with van der Waals surface area (Å²) in [5, 5.41) is 10.7. The molecule has 0 radical (unpaired) electrons. The van der Waals surface area contributed by atoms with E-state index < -0.39 is 27.9 Å². The maximum Gasteiger partial charge on any atom is 0.266 e.